The second-order valence-electron chi connectivity index (χ2n) is 8.96. The van der Waals surface area contributed by atoms with Gasteiger partial charge in [-0.15, -0.1) is 0 Å². The molecule has 0 radical (unpaired) electrons. The van der Waals surface area contributed by atoms with Gasteiger partial charge in [0, 0.05) is 11.8 Å². The molecule has 2 heterocycles. The summed E-state index contributed by atoms with van der Waals surface area (Å²) in [6.45, 7) is 6.35. The molecule has 0 saturated carbocycles. The number of hydrogen-bond donors (Lipinski definition) is 1. The van der Waals surface area contributed by atoms with Crippen molar-refractivity contribution >= 4 is 23.3 Å². The molecule has 1 aliphatic rings. The molecule has 0 spiro atoms. The molecule has 1 unspecified atom stereocenters. The lowest BCUT2D eigenvalue weighted by molar-refractivity contribution is -0.132. The Labute approximate surface area is 193 Å². The number of aliphatic hydroxyl groups is 1. The van der Waals surface area contributed by atoms with E-state index in [1.807, 2.05) is 24.3 Å². The Balaban J connectivity index is 1.92. The molecule has 0 aliphatic carbocycles. The number of aromatic nitrogens is 1. The minimum atomic E-state index is -0.819. The molecule has 1 atom stereocenters. The van der Waals surface area contributed by atoms with E-state index >= 15 is 0 Å². The van der Waals surface area contributed by atoms with E-state index in [0.717, 1.165) is 5.56 Å². The fraction of sp³-hybridized carbons (Fsp3) is 0.222. The fourth-order valence-corrected chi connectivity index (χ4v) is 3.97. The monoisotopic (exact) mass is 442 g/mol. The van der Waals surface area contributed by atoms with Gasteiger partial charge in [0.25, 0.3) is 5.78 Å². The van der Waals surface area contributed by atoms with Crippen LogP contribution in [0.4, 0.5) is 5.82 Å². The molecule has 168 valence electrons. The molecule has 3 aromatic rings. The topological polar surface area (TPSA) is 79.7 Å². The summed E-state index contributed by atoms with van der Waals surface area (Å²) in [5.41, 5.74) is 2.18. The largest absolute Gasteiger partial charge is 0.507 e. The SMILES string of the molecule is COc1cccc(C(O)=C2C(=O)C(=O)N(c3ccccn3)C2c2ccc(C(C)(C)C)cc2)c1. The van der Waals surface area contributed by atoms with E-state index in [2.05, 4.69) is 25.8 Å². The molecule has 2 aromatic carbocycles. The molecule has 6 heteroatoms. The first kappa shape index (κ1) is 22.3. The van der Waals surface area contributed by atoms with Crippen molar-refractivity contribution in [3.8, 4) is 5.75 Å². The molecule has 6 nitrogen and oxygen atoms in total. The van der Waals surface area contributed by atoms with Crippen LogP contribution < -0.4 is 9.64 Å². The third-order valence-electron chi connectivity index (χ3n) is 5.78. The number of ether oxygens (including phenoxy) is 1. The maximum Gasteiger partial charge on any atom is 0.301 e. The van der Waals surface area contributed by atoms with Crippen molar-refractivity contribution in [3.05, 3.63) is 95.2 Å². The summed E-state index contributed by atoms with van der Waals surface area (Å²) in [5, 5.41) is 11.2. The average molecular weight is 443 g/mol. The number of Topliss-reactive ketones (excluding diaryl/α,β-unsaturated/α-hetero) is 1. The quantitative estimate of drug-likeness (QED) is 0.349. The molecular weight excluding hydrogens is 416 g/mol. The van der Waals surface area contributed by atoms with E-state index in [1.54, 1.807) is 48.7 Å². The lowest BCUT2D eigenvalue weighted by atomic mass is 9.85. The number of carbonyl (C=O) groups excluding carboxylic acids is 2. The number of ketones is 1. The van der Waals surface area contributed by atoms with Crippen LogP contribution in [-0.4, -0.2) is 28.9 Å². The highest BCUT2D eigenvalue weighted by Crippen LogP contribution is 2.42. The number of amides is 1. The summed E-state index contributed by atoms with van der Waals surface area (Å²) in [6, 6.07) is 18.9. The Morgan fingerprint density at radius 1 is 1.00 bits per heavy atom. The first-order valence-corrected chi connectivity index (χ1v) is 10.7. The Morgan fingerprint density at radius 3 is 2.33 bits per heavy atom. The molecular formula is C27H26N2O4. The summed E-state index contributed by atoms with van der Waals surface area (Å²) in [7, 11) is 1.52. The number of rotatable bonds is 4. The number of anilines is 1. The minimum Gasteiger partial charge on any atom is -0.507 e. The second-order valence-corrected chi connectivity index (χ2v) is 8.96. The predicted molar refractivity (Wildman–Crippen MR) is 127 cm³/mol. The van der Waals surface area contributed by atoms with E-state index in [4.69, 9.17) is 4.74 Å². The molecule has 4 rings (SSSR count). The van der Waals surface area contributed by atoms with Crippen molar-refractivity contribution in [2.45, 2.75) is 32.2 Å². The van der Waals surface area contributed by atoms with Gasteiger partial charge in [0.2, 0.25) is 0 Å². The summed E-state index contributed by atoms with van der Waals surface area (Å²) in [6.07, 6.45) is 1.57. The molecule has 1 amide bonds. The lowest BCUT2D eigenvalue weighted by Crippen LogP contribution is -2.30. The van der Waals surface area contributed by atoms with Crippen LogP contribution in [-0.2, 0) is 15.0 Å². The van der Waals surface area contributed by atoms with Gasteiger partial charge in [-0.25, -0.2) is 4.98 Å². The Kier molecular flexibility index (Phi) is 5.77. The van der Waals surface area contributed by atoms with E-state index in [9.17, 15) is 14.7 Å². The zero-order valence-corrected chi connectivity index (χ0v) is 19.1. The van der Waals surface area contributed by atoms with Gasteiger partial charge in [-0.1, -0.05) is 63.2 Å². The number of nitrogens with zero attached hydrogens (tertiary/aromatic N) is 2. The maximum absolute atomic E-state index is 13.2. The highest BCUT2D eigenvalue weighted by atomic mass is 16.5. The summed E-state index contributed by atoms with van der Waals surface area (Å²) < 4.78 is 5.26. The van der Waals surface area contributed by atoms with Crippen molar-refractivity contribution < 1.29 is 19.4 Å². The first-order chi connectivity index (χ1) is 15.7. The maximum atomic E-state index is 13.2. The van der Waals surface area contributed by atoms with Crippen LogP contribution in [0.15, 0.2) is 78.5 Å². The van der Waals surface area contributed by atoms with Crippen LogP contribution in [0, 0.1) is 0 Å². The zero-order chi connectivity index (χ0) is 23.8. The molecule has 1 aromatic heterocycles. The Hall–Kier alpha value is -3.93. The Bertz CT molecular complexity index is 1220. The summed E-state index contributed by atoms with van der Waals surface area (Å²) >= 11 is 0. The van der Waals surface area contributed by atoms with Crippen LogP contribution in [0.2, 0.25) is 0 Å². The van der Waals surface area contributed by atoms with Crippen molar-refractivity contribution in [2.75, 3.05) is 12.0 Å². The van der Waals surface area contributed by atoms with Gasteiger partial charge in [-0.2, -0.15) is 0 Å². The standard InChI is InChI=1S/C27H26N2O4/c1-27(2,3)19-13-11-17(12-14-19)23-22(24(30)18-8-7-9-20(16-18)33-4)25(31)26(32)29(23)21-10-5-6-15-28-21/h5-16,23,30H,1-4H3. The average Bonchev–Trinajstić information content (AvgIpc) is 3.09. The number of hydrogen-bond acceptors (Lipinski definition) is 5. The van der Waals surface area contributed by atoms with E-state index < -0.39 is 17.7 Å². The fourth-order valence-electron chi connectivity index (χ4n) is 3.97. The minimum absolute atomic E-state index is 0.0161. The lowest BCUT2D eigenvalue weighted by Gasteiger charge is -2.25. The second kappa shape index (κ2) is 8.54. The van der Waals surface area contributed by atoms with Gasteiger partial charge in [0.1, 0.15) is 17.3 Å². The summed E-state index contributed by atoms with van der Waals surface area (Å²) in [5.74, 6) is -0.872. The first-order valence-electron chi connectivity index (χ1n) is 10.7. The third kappa shape index (κ3) is 4.12. The Morgan fingerprint density at radius 2 is 1.73 bits per heavy atom. The number of carbonyl (C=O) groups is 2. The third-order valence-corrected chi connectivity index (χ3v) is 5.78. The van der Waals surface area contributed by atoms with Crippen molar-refractivity contribution in [1.29, 1.82) is 0 Å². The molecule has 1 saturated heterocycles. The van der Waals surface area contributed by atoms with Crippen molar-refractivity contribution in [1.82, 2.24) is 4.98 Å². The van der Waals surface area contributed by atoms with Gasteiger partial charge >= 0.3 is 5.91 Å². The van der Waals surface area contributed by atoms with E-state index in [-0.39, 0.29) is 16.7 Å². The number of pyridine rings is 1. The molecule has 1 aliphatic heterocycles. The van der Waals surface area contributed by atoms with E-state index in [1.165, 1.54) is 12.0 Å². The van der Waals surface area contributed by atoms with Gasteiger partial charge < -0.3 is 9.84 Å². The van der Waals surface area contributed by atoms with Crippen LogP contribution in [0.1, 0.15) is 43.5 Å². The number of aliphatic hydroxyl groups excluding tert-OH is 1. The van der Waals surface area contributed by atoms with Crippen molar-refractivity contribution in [3.63, 3.8) is 0 Å². The van der Waals surface area contributed by atoms with Gasteiger partial charge in [-0.05, 0) is 40.8 Å². The molecule has 1 fully saturated rings. The van der Waals surface area contributed by atoms with Crippen LogP contribution >= 0.6 is 0 Å². The van der Waals surface area contributed by atoms with Gasteiger partial charge in [0.05, 0.1) is 18.7 Å². The highest BCUT2D eigenvalue weighted by molar-refractivity contribution is 6.51. The van der Waals surface area contributed by atoms with Crippen LogP contribution in [0.3, 0.4) is 0 Å². The summed E-state index contributed by atoms with van der Waals surface area (Å²) in [4.78, 5) is 32.0. The normalized spacial score (nSPS) is 17.9. The van der Waals surface area contributed by atoms with Gasteiger partial charge in [0.15, 0.2) is 0 Å². The molecule has 33 heavy (non-hydrogen) atoms. The number of benzene rings is 2. The predicted octanol–water partition coefficient (Wildman–Crippen LogP) is 5.01. The highest BCUT2D eigenvalue weighted by Gasteiger charge is 2.47. The van der Waals surface area contributed by atoms with Gasteiger partial charge in [-0.3, -0.25) is 14.5 Å². The molecule has 1 N–H and O–H groups in total. The zero-order valence-electron chi connectivity index (χ0n) is 19.1. The van der Waals surface area contributed by atoms with Crippen molar-refractivity contribution in [2.24, 2.45) is 0 Å². The van der Waals surface area contributed by atoms with Crippen LogP contribution in [0.25, 0.3) is 5.76 Å². The number of methoxy groups -OCH3 is 1. The van der Waals surface area contributed by atoms with E-state index in [0.29, 0.717) is 22.7 Å². The molecule has 0 bridgehead atoms. The van der Waals surface area contributed by atoms with Crippen LogP contribution in [0.5, 0.6) is 5.75 Å². The smallest absolute Gasteiger partial charge is 0.301 e.